The summed E-state index contributed by atoms with van der Waals surface area (Å²) in [6.45, 7) is -0.598. The summed E-state index contributed by atoms with van der Waals surface area (Å²) in [5, 5.41) is 27.7. The number of aliphatic hydroxyl groups is 1. The highest BCUT2D eigenvalue weighted by atomic mass is 16.6. The summed E-state index contributed by atoms with van der Waals surface area (Å²) in [4.78, 5) is 9.44. The van der Waals surface area contributed by atoms with Crippen molar-refractivity contribution < 1.29 is 14.4 Å². The van der Waals surface area contributed by atoms with Crippen LogP contribution in [0.3, 0.4) is 0 Å². The van der Waals surface area contributed by atoms with Gasteiger partial charge in [0.2, 0.25) is 6.54 Å². The van der Waals surface area contributed by atoms with Crippen LogP contribution in [0.25, 0.3) is 0 Å². The first-order valence-corrected chi connectivity index (χ1v) is 3.89. The van der Waals surface area contributed by atoms with Gasteiger partial charge in [0.25, 0.3) is 0 Å². The zero-order valence-electron chi connectivity index (χ0n) is 7.21. The van der Waals surface area contributed by atoms with Gasteiger partial charge in [0.1, 0.15) is 11.5 Å². The van der Waals surface area contributed by atoms with Crippen molar-refractivity contribution >= 4 is 0 Å². The van der Waals surface area contributed by atoms with E-state index in [0.717, 1.165) is 0 Å². The van der Waals surface area contributed by atoms with Crippen molar-refractivity contribution in [3.8, 4) is 6.07 Å². The predicted octanol–water partition coefficient (Wildman–Crippen LogP) is 0.656. The van der Waals surface area contributed by atoms with Crippen LogP contribution < -0.4 is 0 Å². The molecule has 0 spiro atoms. The lowest BCUT2D eigenvalue weighted by Crippen LogP contribution is -2.10. The van der Waals surface area contributed by atoms with Gasteiger partial charge in [-0.25, -0.2) is 0 Å². The number of hydrogen-bond donors (Lipinski definition) is 1. The maximum atomic E-state index is 10.1. The molecule has 0 aliphatic carbocycles. The number of nitriles is 1. The van der Waals surface area contributed by atoms with Crippen LogP contribution in [0.15, 0.2) is 16.5 Å². The minimum atomic E-state index is -1.25. The maximum Gasteiger partial charge on any atom is 0.236 e. The Balaban J connectivity index is 2.67. The molecule has 74 valence electrons. The van der Waals surface area contributed by atoms with Crippen LogP contribution in [0.1, 0.15) is 17.6 Å². The standard InChI is InChI=1S/C8H8N2O4/c9-4-3-6-1-2-8(14-6)7(11)5-10(12)13/h1-2,7,11H,3,5H2. The second-order valence-corrected chi connectivity index (χ2v) is 2.67. The van der Waals surface area contributed by atoms with Gasteiger partial charge >= 0.3 is 0 Å². The van der Waals surface area contributed by atoms with Crippen LogP contribution in [0.2, 0.25) is 0 Å². The molecule has 0 amide bonds. The second-order valence-electron chi connectivity index (χ2n) is 2.67. The number of furan rings is 1. The van der Waals surface area contributed by atoms with Gasteiger partial charge in [0.05, 0.1) is 12.5 Å². The molecule has 0 fully saturated rings. The molecule has 0 radical (unpaired) electrons. The van der Waals surface area contributed by atoms with Crippen molar-refractivity contribution in [2.75, 3.05) is 6.54 Å². The molecule has 14 heavy (non-hydrogen) atoms. The molecule has 0 saturated heterocycles. The summed E-state index contributed by atoms with van der Waals surface area (Å²) < 4.78 is 5.01. The van der Waals surface area contributed by atoms with E-state index < -0.39 is 17.6 Å². The van der Waals surface area contributed by atoms with Crippen molar-refractivity contribution in [1.29, 1.82) is 5.26 Å². The largest absolute Gasteiger partial charge is 0.462 e. The van der Waals surface area contributed by atoms with E-state index >= 15 is 0 Å². The minimum absolute atomic E-state index is 0.0885. The van der Waals surface area contributed by atoms with Crippen molar-refractivity contribution in [2.24, 2.45) is 0 Å². The van der Waals surface area contributed by atoms with Crippen LogP contribution >= 0.6 is 0 Å². The Morgan fingerprint density at radius 3 is 3.00 bits per heavy atom. The molecule has 6 nitrogen and oxygen atoms in total. The van der Waals surface area contributed by atoms with Crippen LogP contribution in [0.5, 0.6) is 0 Å². The van der Waals surface area contributed by atoms with Gasteiger partial charge in [-0.15, -0.1) is 0 Å². The number of nitro groups is 1. The number of nitrogens with zero attached hydrogens (tertiary/aromatic N) is 2. The third-order valence-electron chi connectivity index (χ3n) is 1.59. The summed E-state index contributed by atoms with van der Waals surface area (Å²) >= 11 is 0. The number of rotatable bonds is 4. The van der Waals surface area contributed by atoms with Gasteiger partial charge in [-0.1, -0.05) is 0 Å². The molecular formula is C8H8N2O4. The molecule has 1 aromatic heterocycles. The molecule has 0 saturated carbocycles. The molecule has 1 aromatic rings. The molecular weight excluding hydrogens is 188 g/mol. The van der Waals surface area contributed by atoms with E-state index in [1.807, 2.05) is 6.07 Å². The lowest BCUT2D eigenvalue weighted by Gasteiger charge is -2.00. The lowest BCUT2D eigenvalue weighted by atomic mass is 10.3. The predicted molar refractivity (Wildman–Crippen MR) is 44.8 cm³/mol. The average Bonchev–Trinajstić information content (AvgIpc) is 2.52. The number of hydrogen-bond acceptors (Lipinski definition) is 5. The average molecular weight is 196 g/mol. The summed E-state index contributed by atoms with van der Waals surface area (Å²) in [7, 11) is 0. The normalized spacial score (nSPS) is 12.0. The molecule has 1 rings (SSSR count). The first-order valence-electron chi connectivity index (χ1n) is 3.89. The van der Waals surface area contributed by atoms with Crippen LogP contribution in [-0.4, -0.2) is 16.6 Å². The molecule has 1 heterocycles. The summed E-state index contributed by atoms with van der Waals surface area (Å²) in [6, 6.07) is 4.81. The molecule has 0 aliphatic rings. The Morgan fingerprint density at radius 1 is 1.71 bits per heavy atom. The topological polar surface area (TPSA) is 100 Å². The lowest BCUT2D eigenvalue weighted by molar-refractivity contribution is -0.492. The van der Waals surface area contributed by atoms with Crippen molar-refractivity contribution in [3.63, 3.8) is 0 Å². The first-order chi connectivity index (χ1) is 6.63. The summed E-state index contributed by atoms with van der Waals surface area (Å²) in [6.07, 6.45) is -1.16. The van der Waals surface area contributed by atoms with E-state index in [1.165, 1.54) is 12.1 Å². The fourth-order valence-electron chi connectivity index (χ4n) is 0.978. The molecule has 1 atom stereocenters. The van der Waals surface area contributed by atoms with E-state index in [2.05, 4.69) is 0 Å². The summed E-state index contributed by atoms with van der Waals surface area (Å²) in [5.74, 6) is 0.511. The minimum Gasteiger partial charge on any atom is -0.462 e. The Kier molecular flexibility index (Phi) is 3.20. The highest BCUT2D eigenvalue weighted by Crippen LogP contribution is 2.16. The van der Waals surface area contributed by atoms with E-state index in [-0.39, 0.29) is 12.2 Å². The van der Waals surface area contributed by atoms with Gasteiger partial charge < -0.3 is 9.52 Å². The third-order valence-corrected chi connectivity index (χ3v) is 1.59. The quantitative estimate of drug-likeness (QED) is 0.563. The molecule has 1 N–H and O–H groups in total. The molecule has 0 bridgehead atoms. The molecule has 1 unspecified atom stereocenters. The molecule has 0 aromatic carbocycles. The van der Waals surface area contributed by atoms with Crippen LogP contribution in [0, 0.1) is 21.4 Å². The Hall–Kier alpha value is -1.87. The van der Waals surface area contributed by atoms with E-state index in [9.17, 15) is 15.2 Å². The van der Waals surface area contributed by atoms with Crippen molar-refractivity contribution in [1.82, 2.24) is 0 Å². The zero-order chi connectivity index (χ0) is 10.6. The van der Waals surface area contributed by atoms with E-state index in [1.54, 1.807) is 0 Å². The van der Waals surface area contributed by atoms with E-state index in [0.29, 0.717) is 5.76 Å². The fraction of sp³-hybridized carbons (Fsp3) is 0.375. The first kappa shape index (κ1) is 10.2. The molecule has 6 heteroatoms. The Morgan fingerprint density at radius 2 is 2.43 bits per heavy atom. The van der Waals surface area contributed by atoms with Gasteiger partial charge in [-0.05, 0) is 12.1 Å². The Bertz CT molecular complexity index is 366. The Labute approximate surface area is 79.5 Å². The van der Waals surface area contributed by atoms with Gasteiger partial charge in [0.15, 0.2) is 6.10 Å². The third kappa shape index (κ3) is 2.57. The molecule has 0 aliphatic heterocycles. The van der Waals surface area contributed by atoms with Crippen molar-refractivity contribution in [3.05, 3.63) is 33.8 Å². The zero-order valence-corrected chi connectivity index (χ0v) is 7.21. The van der Waals surface area contributed by atoms with Gasteiger partial charge in [-0.3, -0.25) is 10.1 Å². The second kappa shape index (κ2) is 4.39. The van der Waals surface area contributed by atoms with E-state index in [4.69, 9.17) is 9.68 Å². The van der Waals surface area contributed by atoms with Gasteiger partial charge in [0, 0.05) is 4.92 Å². The highest BCUT2D eigenvalue weighted by molar-refractivity contribution is 5.12. The number of aliphatic hydroxyl groups excluding tert-OH is 1. The smallest absolute Gasteiger partial charge is 0.236 e. The van der Waals surface area contributed by atoms with Crippen LogP contribution in [-0.2, 0) is 6.42 Å². The monoisotopic (exact) mass is 196 g/mol. The maximum absolute atomic E-state index is 10.1. The summed E-state index contributed by atoms with van der Waals surface area (Å²) in [5.41, 5.74) is 0. The SMILES string of the molecule is N#CCc1ccc(C(O)C[N+](=O)[O-])o1. The van der Waals surface area contributed by atoms with Gasteiger partial charge in [-0.2, -0.15) is 5.26 Å². The van der Waals surface area contributed by atoms with Crippen LogP contribution in [0.4, 0.5) is 0 Å². The highest BCUT2D eigenvalue weighted by Gasteiger charge is 2.17. The van der Waals surface area contributed by atoms with Crippen molar-refractivity contribution in [2.45, 2.75) is 12.5 Å². The fourth-order valence-corrected chi connectivity index (χ4v) is 0.978.